The molecule has 0 spiro atoms. The van der Waals surface area contributed by atoms with E-state index in [1.165, 1.54) is 12.8 Å². The Labute approximate surface area is 96.8 Å². The van der Waals surface area contributed by atoms with Crippen molar-refractivity contribution in [1.82, 2.24) is 4.90 Å². The summed E-state index contributed by atoms with van der Waals surface area (Å²) in [6, 6.07) is 1.11. The minimum Gasteiger partial charge on any atom is -0.480 e. The van der Waals surface area contributed by atoms with E-state index in [0.29, 0.717) is 24.9 Å². The summed E-state index contributed by atoms with van der Waals surface area (Å²) < 4.78 is 0. The summed E-state index contributed by atoms with van der Waals surface area (Å²) in [5, 5.41) is 9.11. The highest BCUT2D eigenvalue weighted by Gasteiger charge is 2.46. The Morgan fingerprint density at radius 2 is 2.12 bits per heavy atom. The molecule has 0 heterocycles. The van der Waals surface area contributed by atoms with Crippen LogP contribution in [0, 0.1) is 0 Å². The van der Waals surface area contributed by atoms with E-state index < -0.39 is 11.5 Å². The van der Waals surface area contributed by atoms with Crippen LogP contribution in [0.4, 0.5) is 0 Å². The number of nitrogens with two attached hydrogens (primary N) is 1. The van der Waals surface area contributed by atoms with E-state index in [1.54, 1.807) is 0 Å². The number of hydrogen-bond donors (Lipinski definition) is 2. The van der Waals surface area contributed by atoms with E-state index in [0.717, 1.165) is 19.4 Å². The van der Waals surface area contributed by atoms with Gasteiger partial charge in [0.15, 0.2) is 0 Å². The van der Waals surface area contributed by atoms with Gasteiger partial charge in [0.05, 0.1) is 0 Å². The van der Waals surface area contributed by atoms with Crippen molar-refractivity contribution in [3.05, 3.63) is 0 Å². The molecule has 0 saturated heterocycles. The van der Waals surface area contributed by atoms with Gasteiger partial charge in [-0.1, -0.05) is 6.92 Å². The SMILES string of the molecule is CCCN(C1CC1)C1CCC(N)(C(=O)O)C1. The largest absolute Gasteiger partial charge is 0.480 e. The zero-order chi connectivity index (χ0) is 11.8. The standard InChI is InChI=1S/C12H22N2O2/c1-2-7-14(9-3-4-9)10-5-6-12(13,8-10)11(15)16/h9-10H,2-8,13H2,1H3,(H,15,16). The molecule has 0 aromatic heterocycles. The average molecular weight is 226 g/mol. The summed E-state index contributed by atoms with van der Waals surface area (Å²) in [6.07, 6.45) is 5.89. The second-order valence-corrected chi connectivity index (χ2v) is 5.33. The van der Waals surface area contributed by atoms with Gasteiger partial charge in [-0.05, 0) is 45.1 Å². The average Bonchev–Trinajstić information content (AvgIpc) is 2.98. The van der Waals surface area contributed by atoms with Gasteiger partial charge in [0.25, 0.3) is 0 Å². The quantitative estimate of drug-likeness (QED) is 0.739. The van der Waals surface area contributed by atoms with E-state index in [4.69, 9.17) is 10.8 Å². The van der Waals surface area contributed by atoms with Crippen molar-refractivity contribution in [3.63, 3.8) is 0 Å². The highest BCUT2D eigenvalue weighted by atomic mass is 16.4. The molecule has 0 radical (unpaired) electrons. The van der Waals surface area contributed by atoms with Crippen LogP contribution in [0.25, 0.3) is 0 Å². The summed E-state index contributed by atoms with van der Waals surface area (Å²) in [5.74, 6) is -0.831. The third kappa shape index (κ3) is 2.23. The molecule has 2 rings (SSSR count). The molecule has 2 atom stereocenters. The highest BCUT2D eigenvalue weighted by molar-refractivity contribution is 5.79. The van der Waals surface area contributed by atoms with Crippen LogP contribution in [0.15, 0.2) is 0 Å². The van der Waals surface area contributed by atoms with Crippen molar-refractivity contribution < 1.29 is 9.90 Å². The molecule has 2 unspecified atom stereocenters. The highest BCUT2D eigenvalue weighted by Crippen LogP contribution is 2.37. The predicted molar refractivity (Wildman–Crippen MR) is 62.2 cm³/mol. The number of rotatable bonds is 5. The first kappa shape index (κ1) is 11.9. The Balaban J connectivity index is 1.98. The molecule has 0 bridgehead atoms. The lowest BCUT2D eigenvalue weighted by atomic mass is 9.99. The normalized spacial score (nSPS) is 34.6. The number of carboxylic acids is 1. The maximum Gasteiger partial charge on any atom is 0.323 e. The lowest BCUT2D eigenvalue weighted by molar-refractivity contribution is -0.143. The van der Waals surface area contributed by atoms with E-state index in [1.807, 2.05) is 0 Å². The molecule has 2 fully saturated rings. The molecule has 3 N–H and O–H groups in total. The summed E-state index contributed by atoms with van der Waals surface area (Å²) >= 11 is 0. The molecular weight excluding hydrogens is 204 g/mol. The van der Waals surface area contributed by atoms with Gasteiger partial charge in [-0.25, -0.2) is 0 Å². The van der Waals surface area contributed by atoms with Crippen molar-refractivity contribution in [2.75, 3.05) is 6.54 Å². The molecule has 2 aliphatic rings. The number of aliphatic carboxylic acids is 1. The fourth-order valence-corrected chi connectivity index (χ4v) is 2.85. The minimum atomic E-state index is -0.967. The van der Waals surface area contributed by atoms with Crippen LogP contribution in [0.5, 0.6) is 0 Å². The van der Waals surface area contributed by atoms with Crippen LogP contribution in [0.3, 0.4) is 0 Å². The van der Waals surface area contributed by atoms with Crippen molar-refractivity contribution in [1.29, 1.82) is 0 Å². The van der Waals surface area contributed by atoms with Crippen LogP contribution < -0.4 is 5.73 Å². The molecule has 2 saturated carbocycles. The molecule has 92 valence electrons. The van der Waals surface area contributed by atoms with Gasteiger partial charge in [0, 0.05) is 12.1 Å². The first-order valence-corrected chi connectivity index (χ1v) is 6.35. The second-order valence-electron chi connectivity index (χ2n) is 5.33. The molecular formula is C12H22N2O2. The molecule has 4 nitrogen and oxygen atoms in total. The van der Waals surface area contributed by atoms with Crippen LogP contribution in [-0.2, 0) is 4.79 Å². The van der Waals surface area contributed by atoms with Gasteiger partial charge in [-0.15, -0.1) is 0 Å². The Bertz CT molecular complexity index is 278. The zero-order valence-electron chi connectivity index (χ0n) is 9.98. The van der Waals surface area contributed by atoms with Crippen LogP contribution in [0.1, 0.15) is 45.4 Å². The van der Waals surface area contributed by atoms with Crippen molar-refractivity contribution >= 4 is 5.97 Å². The summed E-state index contributed by atoms with van der Waals surface area (Å²) in [5.41, 5.74) is 4.95. The molecule has 0 amide bonds. The Hall–Kier alpha value is -0.610. The Morgan fingerprint density at radius 3 is 2.56 bits per heavy atom. The lowest BCUT2D eigenvalue weighted by Gasteiger charge is -2.29. The molecule has 2 aliphatic carbocycles. The van der Waals surface area contributed by atoms with E-state index >= 15 is 0 Å². The fourth-order valence-electron chi connectivity index (χ4n) is 2.85. The maximum atomic E-state index is 11.1. The van der Waals surface area contributed by atoms with Crippen LogP contribution in [0.2, 0.25) is 0 Å². The summed E-state index contributed by atoms with van der Waals surface area (Å²) in [6.45, 7) is 3.27. The van der Waals surface area contributed by atoms with Crippen molar-refractivity contribution in [3.8, 4) is 0 Å². The van der Waals surface area contributed by atoms with E-state index in [2.05, 4.69) is 11.8 Å². The van der Waals surface area contributed by atoms with Gasteiger partial charge < -0.3 is 10.8 Å². The smallest absolute Gasteiger partial charge is 0.323 e. The first-order valence-electron chi connectivity index (χ1n) is 6.35. The topological polar surface area (TPSA) is 66.6 Å². The maximum absolute atomic E-state index is 11.1. The third-order valence-corrected chi connectivity index (χ3v) is 3.92. The van der Waals surface area contributed by atoms with Crippen molar-refractivity contribution in [2.45, 2.75) is 63.1 Å². The minimum absolute atomic E-state index is 0.397. The number of hydrogen-bond acceptors (Lipinski definition) is 3. The second kappa shape index (κ2) is 4.34. The number of nitrogens with zero attached hydrogens (tertiary/aromatic N) is 1. The Morgan fingerprint density at radius 1 is 1.44 bits per heavy atom. The molecule has 4 heteroatoms. The Kier molecular flexibility index (Phi) is 3.22. The van der Waals surface area contributed by atoms with Gasteiger partial charge in [-0.3, -0.25) is 9.69 Å². The predicted octanol–water partition coefficient (Wildman–Crippen LogP) is 1.20. The van der Waals surface area contributed by atoms with Gasteiger partial charge in [0.2, 0.25) is 0 Å². The van der Waals surface area contributed by atoms with Gasteiger partial charge in [0.1, 0.15) is 5.54 Å². The van der Waals surface area contributed by atoms with Gasteiger partial charge >= 0.3 is 5.97 Å². The van der Waals surface area contributed by atoms with Gasteiger partial charge in [-0.2, -0.15) is 0 Å². The molecule has 0 aromatic rings. The zero-order valence-corrected chi connectivity index (χ0v) is 9.98. The van der Waals surface area contributed by atoms with Crippen LogP contribution >= 0.6 is 0 Å². The summed E-state index contributed by atoms with van der Waals surface area (Å²) in [7, 11) is 0. The summed E-state index contributed by atoms with van der Waals surface area (Å²) in [4.78, 5) is 13.6. The molecule has 0 aromatic carbocycles. The first-order chi connectivity index (χ1) is 7.57. The monoisotopic (exact) mass is 226 g/mol. The van der Waals surface area contributed by atoms with E-state index in [9.17, 15) is 4.79 Å². The van der Waals surface area contributed by atoms with E-state index in [-0.39, 0.29) is 0 Å². The molecule has 0 aliphatic heterocycles. The fraction of sp³-hybridized carbons (Fsp3) is 0.917. The number of carboxylic acid groups (broad SMARTS) is 1. The lowest BCUT2D eigenvalue weighted by Crippen LogP contribution is -2.47. The number of carbonyl (C=O) groups is 1. The van der Waals surface area contributed by atoms with Crippen molar-refractivity contribution in [2.24, 2.45) is 5.73 Å². The molecule has 16 heavy (non-hydrogen) atoms. The van der Waals surface area contributed by atoms with Crippen LogP contribution in [-0.4, -0.2) is 40.1 Å². The third-order valence-electron chi connectivity index (χ3n) is 3.92.